The lowest BCUT2D eigenvalue weighted by Gasteiger charge is -2.11. The Hall–Kier alpha value is -2.46. The second-order valence-corrected chi connectivity index (χ2v) is 4.80. The maximum atomic E-state index is 5.59. The van der Waals surface area contributed by atoms with Gasteiger partial charge in [-0.3, -0.25) is 0 Å². The number of hydrogen-bond acceptors (Lipinski definition) is 4. The van der Waals surface area contributed by atoms with Crippen LogP contribution in [0.1, 0.15) is 11.1 Å². The van der Waals surface area contributed by atoms with Gasteiger partial charge in [0.15, 0.2) is 11.6 Å². The number of para-hydroxylation sites is 1. The highest BCUT2D eigenvalue weighted by molar-refractivity contribution is 5.90. The summed E-state index contributed by atoms with van der Waals surface area (Å²) in [4.78, 5) is 9.19. The molecule has 0 aliphatic heterocycles. The van der Waals surface area contributed by atoms with Crippen LogP contribution >= 0.6 is 0 Å². The Bertz CT molecular complexity index is 781. The minimum absolute atomic E-state index is 0.645. The van der Waals surface area contributed by atoms with E-state index in [9.17, 15) is 0 Å². The lowest BCUT2D eigenvalue weighted by atomic mass is 10.0. The van der Waals surface area contributed by atoms with Crippen LogP contribution in [0.5, 0.6) is 0 Å². The Morgan fingerprint density at radius 3 is 2.55 bits per heavy atom. The van der Waals surface area contributed by atoms with Gasteiger partial charge in [0.1, 0.15) is 0 Å². The van der Waals surface area contributed by atoms with Gasteiger partial charge in [0, 0.05) is 10.9 Å². The van der Waals surface area contributed by atoms with Gasteiger partial charge in [-0.05, 0) is 37.1 Å². The zero-order valence-electron chi connectivity index (χ0n) is 11.5. The molecule has 0 fully saturated rings. The van der Waals surface area contributed by atoms with Gasteiger partial charge in [-0.25, -0.2) is 15.8 Å². The number of nitrogens with zero attached hydrogens (tertiary/aromatic N) is 2. The Kier molecular flexibility index (Phi) is 3.08. The molecule has 0 spiro atoms. The van der Waals surface area contributed by atoms with Crippen LogP contribution in [0.3, 0.4) is 0 Å². The van der Waals surface area contributed by atoms with Gasteiger partial charge < -0.3 is 5.43 Å². The summed E-state index contributed by atoms with van der Waals surface area (Å²) in [6.45, 7) is 4.17. The van der Waals surface area contributed by atoms with Gasteiger partial charge in [0.2, 0.25) is 0 Å². The van der Waals surface area contributed by atoms with Gasteiger partial charge in [-0.15, -0.1) is 0 Å². The minimum atomic E-state index is 0.645. The second-order valence-electron chi connectivity index (χ2n) is 4.80. The van der Waals surface area contributed by atoms with Crippen molar-refractivity contribution in [1.29, 1.82) is 0 Å². The first kappa shape index (κ1) is 12.6. The first-order valence-corrected chi connectivity index (χ1v) is 6.50. The quantitative estimate of drug-likeness (QED) is 0.551. The maximum Gasteiger partial charge on any atom is 0.162 e. The molecule has 0 atom stereocenters. The van der Waals surface area contributed by atoms with Crippen LogP contribution in [0.25, 0.3) is 22.3 Å². The predicted molar refractivity (Wildman–Crippen MR) is 82.3 cm³/mol. The minimum Gasteiger partial charge on any atom is -0.308 e. The first-order valence-electron chi connectivity index (χ1n) is 6.50. The van der Waals surface area contributed by atoms with E-state index >= 15 is 0 Å². The number of hydrazine groups is 1. The highest BCUT2D eigenvalue weighted by Gasteiger charge is 2.10. The number of rotatable bonds is 2. The number of benzene rings is 2. The van der Waals surface area contributed by atoms with Crippen molar-refractivity contribution >= 4 is 16.7 Å². The van der Waals surface area contributed by atoms with Gasteiger partial charge >= 0.3 is 0 Å². The van der Waals surface area contributed by atoms with E-state index in [0.29, 0.717) is 11.6 Å². The zero-order valence-corrected chi connectivity index (χ0v) is 11.5. The Labute approximate surface area is 117 Å². The van der Waals surface area contributed by atoms with E-state index in [4.69, 9.17) is 5.84 Å². The summed E-state index contributed by atoms with van der Waals surface area (Å²) in [5, 5.41) is 0.920. The molecule has 20 heavy (non-hydrogen) atoms. The standard InChI is InChI=1S/C16H16N4/c1-10-6-5-8-12(11(10)2)15-18-14-9-4-3-7-13(14)16(19-15)20-17/h3-9H,17H2,1-2H3,(H,18,19,20). The van der Waals surface area contributed by atoms with E-state index in [1.165, 1.54) is 11.1 Å². The largest absolute Gasteiger partial charge is 0.308 e. The molecular formula is C16H16N4. The van der Waals surface area contributed by atoms with Crippen LogP contribution in [0.15, 0.2) is 42.5 Å². The highest BCUT2D eigenvalue weighted by atomic mass is 15.3. The third-order valence-electron chi connectivity index (χ3n) is 3.59. The van der Waals surface area contributed by atoms with Gasteiger partial charge in [0.05, 0.1) is 5.52 Å². The molecule has 0 amide bonds. The Morgan fingerprint density at radius 2 is 1.75 bits per heavy atom. The third kappa shape index (κ3) is 2.00. The molecule has 3 rings (SSSR count). The normalized spacial score (nSPS) is 10.8. The number of anilines is 1. The molecule has 1 aromatic heterocycles. The van der Waals surface area contributed by atoms with E-state index in [-0.39, 0.29) is 0 Å². The SMILES string of the molecule is Cc1cccc(-c2nc(NN)c3ccccc3n2)c1C. The van der Waals surface area contributed by atoms with Crippen LogP contribution in [0.2, 0.25) is 0 Å². The summed E-state index contributed by atoms with van der Waals surface area (Å²) in [7, 11) is 0. The topological polar surface area (TPSA) is 63.8 Å². The van der Waals surface area contributed by atoms with Gasteiger partial charge in [0.25, 0.3) is 0 Å². The van der Waals surface area contributed by atoms with E-state index in [2.05, 4.69) is 35.3 Å². The molecule has 0 saturated carbocycles. The number of hydrogen-bond donors (Lipinski definition) is 2. The molecule has 4 nitrogen and oxygen atoms in total. The Morgan fingerprint density at radius 1 is 0.950 bits per heavy atom. The molecule has 0 unspecified atom stereocenters. The number of nitrogen functional groups attached to an aromatic ring is 1. The predicted octanol–water partition coefficient (Wildman–Crippen LogP) is 3.20. The number of aromatic nitrogens is 2. The van der Waals surface area contributed by atoms with E-state index < -0.39 is 0 Å². The van der Waals surface area contributed by atoms with Crippen LogP contribution in [-0.4, -0.2) is 9.97 Å². The fraction of sp³-hybridized carbons (Fsp3) is 0.125. The number of fused-ring (bicyclic) bond motifs is 1. The van der Waals surface area contributed by atoms with Crippen LogP contribution in [-0.2, 0) is 0 Å². The van der Waals surface area contributed by atoms with E-state index in [0.717, 1.165) is 16.5 Å². The lowest BCUT2D eigenvalue weighted by molar-refractivity contribution is 1.17. The van der Waals surface area contributed by atoms with Crippen LogP contribution < -0.4 is 11.3 Å². The van der Waals surface area contributed by atoms with Crippen molar-refractivity contribution in [3.63, 3.8) is 0 Å². The van der Waals surface area contributed by atoms with Crippen LogP contribution in [0, 0.1) is 13.8 Å². The molecule has 3 N–H and O–H groups in total. The molecule has 2 aromatic carbocycles. The molecule has 0 aliphatic carbocycles. The molecule has 0 aliphatic rings. The summed E-state index contributed by atoms with van der Waals surface area (Å²) in [5.41, 5.74) is 6.99. The van der Waals surface area contributed by atoms with E-state index in [1.807, 2.05) is 36.4 Å². The average Bonchev–Trinajstić information content (AvgIpc) is 2.49. The molecule has 100 valence electrons. The third-order valence-corrected chi connectivity index (χ3v) is 3.59. The molecule has 0 saturated heterocycles. The summed E-state index contributed by atoms with van der Waals surface area (Å²) in [6.07, 6.45) is 0. The molecule has 4 heteroatoms. The number of nitrogens with two attached hydrogens (primary N) is 1. The summed E-state index contributed by atoms with van der Waals surface area (Å²) in [6, 6.07) is 14.0. The monoisotopic (exact) mass is 264 g/mol. The molecule has 1 heterocycles. The molecule has 3 aromatic rings. The fourth-order valence-corrected chi connectivity index (χ4v) is 2.30. The summed E-state index contributed by atoms with van der Waals surface area (Å²) >= 11 is 0. The van der Waals surface area contributed by atoms with Crippen molar-refractivity contribution in [3.05, 3.63) is 53.6 Å². The smallest absolute Gasteiger partial charge is 0.162 e. The van der Waals surface area contributed by atoms with Crippen molar-refractivity contribution in [2.75, 3.05) is 5.43 Å². The molecular weight excluding hydrogens is 248 g/mol. The van der Waals surface area contributed by atoms with Crippen molar-refractivity contribution in [3.8, 4) is 11.4 Å². The number of nitrogens with one attached hydrogen (secondary N) is 1. The second kappa shape index (κ2) is 4.90. The fourth-order valence-electron chi connectivity index (χ4n) is 2.30. The molecule has 0 radical (unpaired) electrons. The van der Waals surface area contributed by atoms with Crippen LogP contribution in [0.4, 0.5) is 5.82 Å². The molecule has 0 bridgehead atoms. The van der Waals surface area contributed by atoms with Crippen molar-refractivity contribution < 1.29 is 0 Å². The van der Waals surface area contributed by atoms with Crippen molar-refractivity contribution in [2.24, 2.45) is 5.84 Å². The van der Waals surface area contributed by atoms with Crippen molar-refractivity contribution in [1.82, 2.24) is 9.97 Å². The summed E-state index contributed by atoms with van der Waals surface area (Å²) in [5.74, 6) is 6.93. The number of aryl methyl sites for hydroxylation is 1. The van der Waals surface area contributed by atoms with E-state index in [1.54, 1.807) is 0 Å². The van der Waals surface area contributed by atoms with Crippen molar-refractivity contribution in [2.45, 2.75) is 13.8 Å². The first-order chi connectivity index (χ1) is 9.70. The zero-order chi connectivity index (χ0) is 14.1. The summed E-state index contributed by atoms with van der Waals surface area (Å²) < 4.78 is 0. The Balaban J connectivity index is 2.29. The van der Waals surface area contributed by atoms with Gasteiger partial charge in [-0.1, -0.05) is 30.3 Å². The van der Waals surface area contributed by atoms with Gasteiger partial charge in [-0.2, -0.15) is 0 Å². The maximum absolute atomic E-state index is 5.59. The lowest BCUT2D eigenvalue weighted by Crippen LogP contribution is -2.10. The average molecular weight is 264 g/mol. The highest BCUT2D eigenvalue weighted by Crippen LogP contribution is 2.27.